The molecule has 0 aliphatic heterocycles. The topological polar surface area (TPSA) is 41.1 Å². The normalized spacial score (nSPS) is 9.88. The predicted octanol–water partition coefficient (Wildman–Crippen LogP) is 3.20. The van der Waals surface area contributed by atoms with Crippen LogP contribution in [0.1, 0.15) is 10.4 Å². The molecule has 17 heavy (non-hydrogen) atoms. The van der Waals surface area contributed by atoms with Crippen molar-refractivity contribution in [2.24, 2.45) is 0 Å². The van der Waals surface area contributed by atoms with Crippen molar-refractivity contribution >= 4 is 34.9 Å². The first-order chi connectivity index (χ1) is 8.36. The standard InChI is InChI=1S/C12H12N2OS2/c15-12(10-4-2-1-3-5-10)14-17-9-13-11-6-7-16-8-11/h1-8,13H,9H2,(H,14,15). The Hall–Kier alpha value is -1.46. The number of rotatable bonds is 5. The van der Waals surface area contributed by atoms with Crippen molar-refractivity contribution in [3.63, 3.8) is 0 Å². The molecule has 1 aromatic heterocycles. The molecule has 0 fully saturated rings. The second kappa shape index (κ2) is 6.32. The third-order valence-corrected chi connectivity index (χ3v) is 3.37. The van der Waals surface area contributed by atoms with E-state index in [9.17, 15) is 4.79 Å². The van der Waals surface area contributed by atoms with Gasteiger partial charge in [0.15, 0.2) is 0 Å². The number of carbonyl (C=O) groups excluding carboxylic acids is 1. The molecule has 0 saturated carbocycles. The number of thiophene rings is 1. The minimum Gasteiger partial charge on any atom is -0.374 e. The summed E-state index contributed by atoms with van der Waals surface area (Å²) in [5.74, 6) is 0.581. The fourth-order valence-electron chi connectivity index (χ4n) is 1.23. The van der Waals surface area contributed by atoms with Crippen LogP contribution < -0.4 is 10.0 Å². The van der Waals surface area contributed by atoms with E-state index in [2.05, 4.69) is 10.0 Å². The van der Waals surface area contributed by atoms with Crippen LogP contribution in [0.25, 0.3) is 0 Å². The Kier molecular flexibility index (Phi) is 4.46. The van der Waals surface area contributed by atoms with Crippen molar-refractivity contribution in [3.8, 4) is 0 Å². The van der Waals surface area contributed by atoms with Crippen molar-refractivity contribution < 1.29 is 4.79 Å². The molecule has 3 nitrogen and oxygen atoms in total. The van der Waals surface area contributed by atoms with Crippen LogP contribution in [0.4, 0.5) is 5.69 Å². The summed E-state index contributed by atoms with van der Waals surface area (Å²) in [5.41, 5.74) is 1.76. The lowest BCUT2D eigenvalue weighted by Gasteiger charge is -2.05. The lowest BCUT2D eigenvalue weighted by Crippen LogP contribution is -2.17. The molecule has 1 aromatic carbocycles. The summed E-state index contributed by atoms with van der Waals surface area (Å²) >= 11 is 2.99. The van der Waals surface area contributed by atoms with Crippen LogP contribution in [-0.2, 0) is 0 Å². The summed E-state index contributed by atoms with van der Waals surface area (Å²) in [7, 11) is 0. The van der Waals surface area contributed by atoms with Gasteiger partial charge in [-0.15, -0.1) is 0 Å². The van der Waals surface area contributed by atoms with Gasteiger partial charge in [-0.2, -0.15) is 11.3 Å². The van der Waals surface area contributed by atoms with Crippen molar-refractivity contribution in [2.45, 2.75) is 0 Å². The van der Waals surface area contributed by atoms with E-state index in [-0.39, 0.29) is 5.91 Å². The molecule has 0 aliphatic carbocycles. The molecule has 0 aliphatic rings. The third kappa shape index (κ3) is 3.80. The third-order valence-electron chi connectivity index (χ3n) is 2.07. The lowest BCUT2D eigenvalue weighted by molar-refractivity contribution is 0.0984. The highest BCUT2D eigenvalue weighted by Gasteiger charge is 2.03. The monoisotopic (exact) mass is 264 g/mol. The van der Waals surface area contributed by atoms with Crippen LogP contribution in [0, 0.1) is 0 Å². The van der Waals surface area contributed by atoms with Crippen LogP contribution in [0.3, 0.4) is 0 Å². The summed E-state index contributed by atoms with van der Waals surface area (Å²) in [5, 5.41) is 7.23. The average Bonchev–Trinajstić information content (AvgIpc) is 2.88. The summed E-state index contributed by atoms with van der Waals surface area (Å²) in [6.07, 6.45) is 0. The highest BCUT2D eigenvalue weighted by Crippen LogP contribution is 2.12. The SMILES string of the molecule is O=C(NSCNc1ccsc1)c1ccccc1. The summed E-state index contributed by atoms with van der Waals surface area (Å²) in [6.45, 7) is 0. The second-order valence-electron chi connectivity index (χ2n) is 3.27. The van der Waals surface area contributed by atoms with Crippen LogP contribution in [0.5, 0.6) is 0 Å². The van der Waals surface area contributed by atoms with Gasteiger partial charge in [0, 0.05) is 16.6 Å². The minimum absolute atomic E-state index is 0.0669. The quantitative estimate of drug-likeness (QED) is 0.495. The van der Waals surface area contributed by atoms with Gasteiger partial charge in [-0.05, 0) is 35.5 Å². The van der Waals surface area contributed by atoms with Crippen molar-refractivity contribution in [2.75, 3.05) is 11.2 Å². The Balaban J connectivity index is 1.70. The van der Waals surface area contributed by atoms with E-state index in [4.69, 9.17) is 0 Å². The van der Waals surface area contributed by atoms with E-state index in [0.29, 0.717) is 11.4 Å². The maximum Gasteiger partial charge on any atom is 0.261 e. The average molecular weight is 264 g/mol. The number of hydrogen-bond donors (Lipinski definition) is 2. The van der Waals surface area contributed by atoms with E-state index in [1.165, 1.54) is 11.9 Å². The molecule has 1 heterocycles. The van der Waals surface area contributed by atoms with Crippen molar-refractivity contribution in [1.29, 1.82) is 0 Å². The van der Waals surface area contributed by atoms with E-state index in [1.54, 1.807) is 23.5 Å². The Morgan fingerprint density at radius 2 is 2.06 bits per heavy atom. The van der Waals surface area contributed by atoms with Gasteiger partial charge in [-0.25, -0.2) is 0 Å². The zero-order valence-corrected chi connectivity index (χ0v) is 10.7. The Labute approximate surface area is 108 Å². The summed E-state index contributed by atoms with van der Waals surface area (Å²) < 4.78 is 2.78. The molecule has 1 amide bonds. The lowest BCUT2D eigenvalue weighted by atomic mass is 10.2. The Morgan fingerprint density at radius 1 is 1.24 bits per heavy atom. The molecule has 2 rings (SSSR count). The maximum atomic E-state index is 11.6. The zero-order valence-electron chi connectivity index (χ0n) is 9.05. The molecule has 0 spiro atoms. The summed E-state index contributed by atoms with van der Waals surface area (Å²) in [4.78, 5) is 11.6. The van der Waals surface area contributed by atoms with Crippen LogP contribution in [0.2, 0.25) is 0 Å². The molecule has 0 saturated heterocycles. The molecule has 0 atom stereocenters. The number of benzene rings is 1. The zero-order chi connectivity index (χ0) is 11.9. The Morgan fingerprint density at radius 3 is 2.76 bits per heavy atom. The molecule has 0 radical (unpaired) electrons. The fourth-order valence-corrected chi connectivity index (χ4v) is 2.41. The molecule has 2 aromatic rings. The van der Waals surface area contributed by atoms with Gasteiger partial charge in [0.1, 0.15) is 0 Å². The number of amides is 1. The van der Waals surface area contributed by atoms with Crippen molar-refractivity contribution in [1.82, 2.24) is 4.72 Å². The van der Waals surface area contributed by atoms with Gasteiger partial charge in [0.05, 0.1) is 5.88 Å². The molecule has 5 heteroatoms. The first-order valence-corrected chi connectivity index (χ1v) is 7.02. The van der Waals surface area contributed by atoms with Gasteiger partial charge in [-0.3, -0.25) is 9.52 Å². The highest BCUT2D eigenvalue weighted by molar-refractivity contribution is 7.98. The van der Waals surface area contributed by atoms with Gasteiger partial charge in [0.25, 0.3) is 5.91 Å². The van der Waals surface area contributed by atoms with Gasteiger partial charge < -0.3 is 5.32 Å². The highest BCUT2D eigenvalue weighted by atomic mass is 32.2. The van der Waals surface area contributed by atoms with Crippen LogP contribution in [-0.4, -0.2) is 11.8 Å². The molecule has 0 unspecified atom stereocenters. The molecule has 0 bridgehead atoms. The summed E-state index contributed by atoms with van der Waals surface area (Å²) in [6, 6.07) is 11.2. The first-order valence-electron chi connectivity index (χ1n) is 5.09. The minimum atomic E-state index is -0.0669. The molecular formula is C12H12N2OS2. The van der Waals surface area contributed by atoms with E-state index in [1.807, 2.05) is 35.0 Å². The largest absolute Gasteiger partial charge is 0.374 e. The van der Waals surface area contributed by atoms with Gasteiger partial charge >= 0.3 is 0 Å². The van der Waals surface area contributed by atoms with E-state index >= 15 is 0 Å². The number of nitrogens with one attached hydrogen (secondary N) is 2. The molecular weight excluding hydrogens is 252 g/mol. The maximum absolute atomic E-state index is 11.6. The predicted molar refractivity (Wildman–Crippen MR) is 74.3 cm³/mol. The molecule has 88 valence electrons. The van der Waals surface area contributed by atoms with Gasteiger partial charge in [-0.1, -0.05) is 18.2 Å². The fraction of sp³-hybridized carbons (Fsp3) is 0.0833. The van der Waals surface area contributed by atoms with Crippen LogP contribution in [0.15, 0.2) is 47.2 Å². The number of carbonyl (C=O) groups is 1. The van der Waals surface area contributed by atoms with Gasteiger partial charge in [0.2, 0.25) is 0 Å². The van der Waals surface area contributed by atoms with Crippen LogP contribution >= 0.6 is 23.3 Å². The van der Waals surface area contributed by atoms with E-state index in [0.717, 1.165) is 5.69 Å². The first kappa shape index (κ1) is 12.0. The Bertz CT molecular complexity index is 457. The van der Waals surface area contributed by atoms with E-state index < -0.39 is 0 Å². The number of anilines is 1. The second-order valence-corrected chi connectivity index (χ2v) is 4.84. The molecule has 2 N–H and O–H groups in total. The van der Waals surface area contributed by atoms with Crippen molar-refractivity contribution in [3.05, 3.63) is 52.7 Å². The number of hydrogen-bond acceptors (Lipinski definition) is 4. The smallest absolute Gasteiger partial charge is 0.261 e.